The first-order valence-corrected chi connectivity index (χ1v) is 26.1. The molecule has 0 spiro atoms. The van der Waals surface area contributed by atoms with Gasteiger partial charge in [-0.3, -0.25) is 43.7 Å². The Labute approximate surface area is 520 Å². The summed E-state index contributed by atoms with van der Waals surface area (Å²) in [7, 11) is 8.37. The van der Waals surface area contributed by atoms with E-state index >= 15 is 0 Å². The Hall–Kier alpha value is -5.07. The van der Waals surface area contributed by atoms with Crippen LogP contribution in [0.25, 0.3) is 0 Å². The minimum absolute atomic E-state index is 0. The maximum atomic E-state index is 13.0. The number of fused-ring (bicyclic) bond motifs is 6. The molecule has 6 aromatic heterocycles. The van der Waals surface area contributed by atoms with Gasteiger partial charge in [0.1, 0.15) is 18.3 Å². The summed E-state index contributed by atoms with van der Waals surface area (Å²) in [5.74, 6) is -0.846. The molecule has 3 aliphatic rings. The van der Waals surface area contributed by atoms with Crippen LogP contribution in [0.1, 0.15) is 162 Å². The van der Waals surface area contributed by atoms with Crippen LogP contribution in [0.15, 0.2) is 111 Å². The van der Waals surface area contributed by atoms with E-state index in [0.717, 1.165) is 32.1 Å². The monoisotopic (exact) mass is 1240 g/mol. The van der Waals surface area contributed by atoms with Crippen molar-refractivity contribution in [1.29, 1.82) is 0 Å². The maximum absolute atomic E-state index is 13.0. The zero-order chi connectivity index (χ0) is 57.1. The van der Waals surface area contributed by atoms with E-state index in [2.05, 4.69) is 42.6 Å². The number of rotatable bonds is 16. The summed E-state index contributed by atoms with van der Waals surface area (Å²) < 4.78 is 31.5. The molecule has 0 aliphatic heterocycles. The van der Waals surface area contributed by atoms with Gasteiger partial charge in [0, 0.05) is 190 Å². The van der Waals surface area contributed by atoms with Gasteiger partial charge >= 0.3 is 0 Å². The van der Waals surface area contributed by atoms with Crippen LogP contribution in [0.4, 0.5) is 0 Å². The third-order valence-corrected chi connectivity index (χ3v) is 13.6. The quantitative estimate of drug-likeness (QED) is 0.0695. The molecule has 80 heavy (non-hydrogen) atoms. The summed E-state index contributed by atoms with van der Waals surface area (Å²) in [6.45, 7) is 19.5. The van der Waals surface area contributed by atoms with Gasteiger partial charge in [0.05, 0.1) is 33.4 Å². The molecular formula is C61H73N6O11Y2+. The number of hydrogen-bond acceptors (Lipinski definition) is 14. The van der Waals surface area contributed by atoms with Crippen LogP contribution in [-0.4, -0.2) is 116 Å². The summed E-state index contributed by atoms with van der Waals surface area (Å²) >= 11 is 0. The van der Waals surface area contributed by atoms with Gasteiger partial charge in [-0.2, -0.15) is 0 Å². The first-order chi connectivity index (χ1) is 37.6. The van der Waals surface area contributed by atoms with Crippen LogP contribution in [0.2, 0.25) is 0 Å². The van der Waals surface area contributed by atoms with Crippen LogP contribution < -0.4 is 13.7 Å². The summed E-state index contributed by atoms with van der Waals surface area (Å²) in [5, 5.41) is 0. The Morgan fingerprint density at radius 2 is 0.600 bits per heavy atom. The summed E-state index contributed by atoms with van der Waals surface area (Å²) in [4.78, 5) is 86.9. The van der Waals surface area contributed by atoms with Gasteiger partial charge in [-0.25, -0.2) is 13.7 Å². The van der Waals surface area contributed by atoms with Crippen LogP contribution >= 0.6 is 0 Å². The first kappa shape index (κ1) is 69.2. The van der Waals surface area contributed by atoms with Gasteiger partial charge in [-0.15, -0.1) is 0 Å². The Bertz CT molecular complexity index is 2870. The molecule has 9 rings (SSSR count). The molecule has 0 fully saturated rings. The largest absolute Gasteiger partial charge is 0.413 e. The Balaban J connectivity index is 0.000000288. The molecule has 0 amide bonds. The number of ether oxygens (including phenoxy) is 5. The topological polar surface area (TPSA) is 199 Å². The molecule has 0 aromatic carbocycles. The summed E-state index contributed by atoms with van der Waals surface area (Å²) in [6, 6.07) is 9.90. The van der Waals surface area contributed by atoms with Gasteiger partial charge in [-0.05, 0) is 37.5 Å². The minimum atomic E-state index is -0.167. The fourth-order valence-corrected chi connectivity index (χ4v) is 8.43. The van der Waals surface area contributed by atoms with Crippen molar-refractivity contribution < 1.29 is 132 Å². The molecule has 0 saturated carbocycles. The van der Waals surface area contributed by atoms with E-state index in [-0.39, 0.29) is 131 Å². The van der Waals surface area contributed by atoms with Crippen LogP contribution in [0, 0.1) is 13.8 Å². The normalized spacial score (nSPS) is 14.1. The van der Waals surface area contributed by atoms with E-state index in [9.17, 15) is 28.8 Å². The number of nitrogens with zero attached hydrogens (tertiary/aromatic N) is 6. The molecule has 6 aromatic rings. The number of methoxy groups -OCH3 is 5. The van der Waals surface area contributed by atoms with Crippen LogP contribution in [0.3, 0.4) is 0 Å². The molecule has 17 nitrogen and oxygen atoms in total. The van der Waals surface area contributed by atoms with Gasteiger partial charge in [-0.1, -0.05) is 59.7 Å². The van der Waals surface area contributed by atoms with Crippen molar-refractivity contribution >= 4 is 34.7 Å². The average Bonchev–Trinajstić information content (AvgIpc) is 3.49. The van der Waals surface area contributed by atoms with Crippen molar-refractivity contribution in [2.24, 2.45) is 0 Å². The summed E-state index contributed by atoms with van der Waals surface area (Å²) in [5.41, 5.74) is 5.03. The van der Waals surface area contributed by atoms with Crippen molar-refractivity contribution in [2.75, 3.05) is 35.5 Å². The second-order valence-electron chi connectivity index (χ2n) is 18.5. The zero-order valence-corrected chi connectivity index (χ0v) is 53.4. The van der Waals surface area contributed by atoms with Crippen molar-refractivity contribution in [3.63, 3.8) is 0 Å². The van der Waals surface area contributed by atoms with Gasteiger partial charge in [0.2, 0.25) is 17.3 Å². The van der Waals surface area contributed by atoms with Crippen molar-refractivity contribution in [2.45, 2.75) is 117 Å². The fourth-order valence-electron chi connectivity index (χ4n) is 8.43. The molecule has 6 heterocycles. The molecule has 0 N–H and O–H groups in total. The van der Waals surface area contributed by atoms with Gasteiger partial charge in [0.15, 0.2) is 74.2 Å². The third kappa shape index (κ3) is 17.5. The number of hydrogen-bond donors (Lipinski definition) is 0. The Morgan fingerprint density at radius 1 is 0.362 bits per heavy atom. The van der Waals surface area contributed by atoms with Gasteiger partial charge < -0.3 is 37.5 Å². The fraction of sp³-hybridized carbons (Fsp3) is 0.377. The standard InChI is InChI=1S/C22H28N2O4.C17H17N2O3.C12H6N2O2.2C5H11O.2Y/c1-5-15(27-3)11-23-9-7-17-19(13-23)21(25)18-8-10-24(12-16(6-2)28-4)14-20(18)22(17)26;1-3-11(22-2)9-19-7-5-13-15(10-19)17(21)12-4-6-18-8-14(12)16(13)20;15-11-7-1-3-13-5-9(7)12(16)8-2-4-14-6-10(8)11;2*1-4-5(2)6-3;;/h7-10,13-16H,5-6,11-12H2,1-4H3;4-8,10-11H,3,9H2,1-2H3;1-6H;2*5H,2,4H2,1,3H3;;/q+2;+1;;2*-1;;. The predicted octanol–water partition coefficient (Wildman–Crippen LogP) is 7.19. The third-order valence-electron chi connectivity index (χ3n) is 13.6. The van der Waals surface area contributed by atoms with E-state index < -0.39 is 0 Å². The predicted molar refractivity (Wildman–Crippen MR) is 289 cm³/mol. The number of carbonyl (C=O) groups is 6. The van der Waals surface area contributed by atoms with E-state index in [4.69, 9.17) is 23.7 Å². The number of pyridine rings is 6. The molecular weight excluding hydrogens is 1170 g/mol. The molecule has 3 aliphatic carbocycles. The minimum Gasteiger partial charge on any atom is -0.413 e. The summed E-state index contributed by atoms with van der Waals surface area (Å²) in [6.07, 6.45) is 24.8. The zero-order valence-electron chi connectivity index (χ0n) is 47.7. The smallest absolute Gasteiger partial charge is 0.200 e. The Kier molecular flexibility index (Phi) is 29.7. The first-order valence-electron chi connectivity index (χ1n) is 26.1. The Morgan fingerprint density at radius 3 is 0.800 bits per heavy atom. The van der Waals surface area contributed by atoms with Crippen molar-refractivity contribution in [1.82, 2.24) is 15.0 Å². The van der Waals surface area contributed by atoms with Gasteiger partial charge in [0.25, 0.3) is 0 Å². The molecule has 0 bridgehead atoms. The second-order valence-corrected chi connectivity index (χ2v) is 18.5. The van der Waals surface area contributed by atoms with E-state index in [0.29, 0.717) is 86.4 Å². The maximum Gasteiger partial charge on any atom is 0.200 e. The van der Waals surface area contributed by atoms with Crippen LogP contribution in [-0.2, 0) is 109 Å². The SMILES string of the molecule is CCC(C[n+]1ccc2c(c1)C(=O)c1cc[n+](CC(CC)OC)cc1C2=O)OC.CCC(C[n+]1ccc2c(c1)C(=O)c1ccncc1C2=O)OC.O=C1c2ccncc2C(=O)c2ccncc21.[CH2-]C(CC)OC.[CH2-]C(CC)OC.[Y].[Y]. The molecule has 2 radical (unpaired) electrons. The molecule has 418 valence electrons. The van der Waals surface area contributed by atoms with E-state index in [1.54, 1.807) is 90.5 Å². The molecule has 5 atom stereocenters. The number of carbonyl (C=O) groups excluding carboxylic acids is 6. The molecule has 5 unspecified atom stereocenters. The van der Waals surface area contributed by atoms with E-state index in [1.807, 2.05) is 53.1 Å². The number of aromatic nitrogens is 6. The second kappa shape index (κ2) is 34.4. The molecule has 19 heteroatoms. The molecule has 0 saturated heterocycles. The number of ketones is 6. The van der Waals surface area contributed by atoms with Crippen molar-refractivity contribution in [3.8, 4) is 0 Å². The van der Waals surface area contributed by atoms with E-state index in [1.165, 1.54) is 37.2 Å². The van der Waals surface area contributed by atoms with Crippen molar-refractivity contribution in [3.05, 3.63) is 191 Å². The van der Waals surface area contributed by atoms with Crippen LogP contribution in [0.5, 0.6) is 0 Å². The average molecular weight is 1240 g/mol.